The lowest BCUT2D eigenvalue weighted by Gasteiger charge is -2.38. The fourth-order valence-electron chi connectivity index (χ4n) is 4.90. The number of anilines is 1. The molecule has 0 fully saturated rings. The molecule has 0 saturated carbocycles. The van der Waals surface area contributed by atoms with Crippen LogP contribution < -0.4 is 4.90 Å². The molecule has 4 nitrogen and oxygen atoms in total. The van der Waals surface area contributed by atoms with Crippen LogP contribution in [0.1, 0.15) is 42.5 Å². The predicted molar refractivity (Wildman–Crippen MR) is 127 cm³/mol. The van der Waals surface area contributed by atoms with Crippen molar-refractivity contribution in [1.82, 2.24) is 10.2 Å². The molecule has 1 aliphatic rings. The lowest BCUT2D eigenvalue weighted by Crippen LogP contribution is -2.36. The van der Waals surface area contributed by atoms with E-state index in [0.717, 1.165) is 59.2 Å². The Morgan fingerprint density at radius 3 is 2.55 bits per heavy atom. The quantitative estimate of drug-likeness (QED) is 0.435. The topological polar surface area (TPSA) is 49.2 Å². The van der Waals surface area contributed by atoms with Crippen molar-refractivity contribution in [3.63, 3.8) is 0 Å². The monoisotopic (exact) mass is 409 g/mol. The van der Waals surface area contributed by atoms with Crippen LogP contribution in [0.2, 0.25) is 0 Å². The van der Waals surface area contributed by atoms with Crippen LogP contribution in [-0.4, -0.2) is 21.8 Å². The second-order valence-corrected chi connectivity index (χ2v) is 8.36. The standard InChI is InChI=1S/C27H27N3O/c1-3-8-25-22-10-5-4-9-19(22)15-16-30(25)27-24-12-7-6-11-23(24)26(28-29-27)21-14-13-20(31)17-18(21)2/h4-7,9-14,17,25,31H,3,8,15-16H2,1-2H3. The molecule has 0 radical (unpaired) electrons. The van der Waals surface area contributed by atoms with Crippen LogP contribution in [0.5, 0.6) is 5.75 Å². The van der Waals surface area contributed by atoms with Crippen LogP contribution in [0.15, 0.2) is 66.7 Å². The highest BCUT2D eigenvalue weighted by Crippen LogP contribution is 2.40. The van der Waals surface area contributed by atoms with E-state index >= 15 is 0 Å². The highest BCUT2D eigenvalue weighted by Gasteiger charge is 2.29. The van der Waals surface area contributed by atoms with E-state index in [9.17, 15) is 5.11 Å². The summed E-state index contributed by atoms with van der Waals surface area (Å²) in [6.45, 7) is 5.19. The average molecular weight is 410 g/mol. The zero-order chi connectivity index (χ0) is 21.4. The van der Waals surface area contributed by atoms with Gasteiger partial charge in [-0.05, 0) is 54.7 Å². The maximum absolute atomic E-state index is 9.83. The van der Waals surface area contributed by atoms with Crippen LogP contribution in [-0.2, 0) is 6.42 Å². The zero-order valence-corrected chi connectivity index (χ0v) is 18.0. The third-order valence-electron chi connectivity index (χ3n) is 6.38. The molecule has 0 bridgehead atoms. The molecule has 156 valence electrons. The normalized spacial score (nSPS) is 15.8. The second kappa shape index (κ2) is 8.03. The highest BCUT2D eigenvalue weighted by molar-refractivity contribution is 6.00. The minimum atomic E-state index is 0.268. The molecule has 0 spiro atoms. The molecule has 1 aliphatic heterocycles. The largest absolute Gasteiger partial charge is 0.508 e. The highest BCUT2D eigenvalue weighted by atomic mass is 16.3. The van der Waals surface area contributed by atoms with Crippen molar-refractivity contribution in [3.8, 4) is 17.0 Å². The number of aromatic hydroxyl groups is 1. The number of fused-ring (bicyclic) bond motifs is 2. The second-order valence-electron chi connectivity index (χ2n) is 8.36. The Balaban J connectivity index is 1.66. The first-order valence-electron chi connectivity index (χ1n) is 11.1. The molecule has 0 aliphatic carbocycles. The summed E-state index contributed by atoms with van der Waals surface area (Å²) in [4.78, 5) is 2.45. The first-order chi connectivity index (χ1) is 15.2. The Morgan fingerprint density at radius 2 is 1.74 bits per heavy atom. The Hall–Kier alpha value is -3.40. The summed E-state index contributed by atoms with van der Waals surface area (Å²) in [7, 11) is 0. The van der Waals surface area contributed by atoms with Gasteiger partial charge in [-0.3, -0.25) is 0 Å². The number of phenols is 1. The zero-order valence-electron chi connectivity index (χ0n) is 18.0. The molecule has 3 aromatic carbocycles. The molecule has 1 unspecified atom stereocenters. The molecular formula is C27H27N3O. The number of hydrogen-bond acceptors (Lipinski definition) is 4. The molecule has 1 N–H and O–H groups in total. The summed E-state index contributed by atoms with van der Waals surface area (Å²) in [5.74, 6) is 1.23. The van der Waals surface area contributed by atoms with Crippen molar-refractivity contribution >= 4 is 16.6 Å². The van der Waals surface area contributed by atoms with Gasteiger partial charge in [0.25, 0.3) is 0 Å². The van der Waals surface area contributed by atoms with Crippen LogP contribution in [0.25, 0.3) is 22.0 Å². The van der Waals surface area contributed by atoms with Crippen molar-refractivity contribution in [2.45, 2.75) is 39.2 Å². The predicted octanol–water partition coefficient (Wildman–Crippen LogP) is 6.21. The Bertz CT molecular complexity index is 1250. The minimum absolute atomic E-state index is 0.268. The number of rotatable bonds is 4. The summed E-state index contributed by atoms with van der Waals surface area (Å²) in [6, 6.07) is 23.0. The summed E-state index contributed by atoms with van der Waals surface area (Å²) in [6.07, 6.45) is 3.22. The minimum Gasteiger partial charge on any atom is -0.508 e. The van der Waals surface area contributed by atoms with Gasteiger partial charge in [-0.15, -0.1) is 10.2 Å². The van der Waals surface area contributed by atoms with E-state index in [0.29, 0.717) is 6.04 Å². The van der Waals surface area contributed by atoms with Crippen molar-refractivity contribution in [1.29, 1.82) is 0 Å². The molecule has 0 saturated heterocycles. The van der Waals surface area contributed by atoms with E-state index in [2.05, 4.69) is 60.4 Å². The first-order valence-corrected chi connectivity index (χ1v) is 11.1. The third-order valence-corrected chi connectivity index (χ3v) is 6.38. The van der Waals surface area contributed by atoms with Crippen molar-refractivity contribution < 1.29 is 5.11 Å². The molecule has 0 amide bonds. The molecule has 4 heteroatoms. The van der Waals surface area contributed by atoms with Gasteiger partial charge in [0.05, 0.1) is 6.04 Å². The Kier molecular flexibility index (Phi) is 5.06. The van der Waals surface area contributed by atoms with Gasteiger partial charge >= 0.3 is 0 Å². The lowest BCUT2D eigenvalue weighted by molar-refractivity contribution is 0.475. The summed E-state index contributed by atoms with van der Waals surface area (Å²) >= 11 is 0. The molecule has 1 atom stereocenters. The van der Waals surface area contributed by atoms with Crippen LogP contribution in [0.3, 0.4) is 0 Å². The van der Waals surface area contributed by atoms with Gasteiger partial charge in [-0.1, -0.05) is 61.9 Å². The fraction of sp³-hybridized carbons (Fsp3) is 0.259. The van der Waals surface area contributed by atoms with E-state index in [-0.39, 0.29) is 5.75 Å². The lowest BCUT2D eigenvalue weighted by atomic mass is 9.89. The summed E-state index contributed by atoms with van der Waals surface area (Å²) in [5, 5.41) is 21.6. The van der Waals surface area contributed by atoms with Crippen molar-refractivity contribution in [2.75, 3.05) is 11.4 Å². The maximum Gasteiger partial charge on any atom is 0.159 e. The number of aryl methyl sites for hydroxylation is 1. The maximum atomic E-state index is 9.83. The number of phenolic OH excluding ortho intramolecular Hbond substituents is 1. The summed E-state index contributed by atoms with van der Waals surface area (Å²) in [5.41, 5.74) is 5.72. The molecule has 31 heavy (non-hydrogen) atoms. The molecular weight excluding hydrogens is 382 g/mol. The molecule has 1 aromatic heterocycles. The average Bonchev–Trinajstić information content (AvgIpc) is 2.79. The van der Waals surface area contributed by atoms with Crippen molar-refractivity contribution in [3.05, 3.63) is 83.4 Å². The van der Waals surface area contributed by atoms with Crippen LogP contribution >= 0.6 is 0 Å². The SMILES string of the molecule is CCCC1c2ccccc2CCN1c1nnc(-c2ccc(O)cc2C)c2ccccc12. The fourth-order valence-corrected chi connectivity index (χ4v) is 4.90. The Morgan fingerprint density at radius 1 is 0.968 bits per heavy atom. The van der Waals surface area contributed by atoms with Gasteiger partial charge in [-0.25, -0.2) is 0 Å². The summed E-state index contributed by atoms with van der Waals surface area (Å²) < 4.78 is 0. The van der Waals surface area contributed by atoms with Gasteiger partial charge in [0.1, 0.15) is 11.4 Å². The van der Waals surface area contributed by atoms with E-state index in [4.69, 9.17) is 10.2 Å². The van der Waals surface area contributed by atoms with E-state index in [1.807, 2.05) is 13.0 Å². The first kappa shape index (κ1) is 19.6. The number of nitrogens with zero attached hydrogens (tertiary/aromatic N) is 3. The van der Waals surface area contributed by atoms with Gasteiger partial charge in [-0.2, -0.15) is 0 Å². The van der Waals surface area contributed by atoms with Gasteiger partial charge < -0.3 is 10.0 Å². The van der Waals surface area contributed by atoms with Gasteiger partial charge in [0.15, 0.2) is 5.82 Å². The van der Waals surface area contributed by atoms with E-state index < -0.39 is 0 Å². The molecule has 2 heterocycles. The third kappa shape index (κ3) is 3.42. The van der Waals surface area contributed by atoms with E-state index in [1.54, 1.807) is 12.1 Å². The number of hydrogen-bond donors (Lipinski definition) is 1. The van der Waals surface area contributed by atoms with Crippen LogP contribution in [0, 0.1) is 6.92 Å². The molecule has 5 rings (SSSR count). The molecule has 4 aromatic rings. The van der Waals surface area contributed by atoms with Gasteiger partial charge in [0.2, 0.25) is 0 Å². The van der Waals surface area contributed by atoms with Crippen molar-refractivity contribution in [2.24, 2.45) is 0 Å². The van der Waals surface area contributed by atoms with Crippen LogP contribution in [0.4, 0.5) is 5.82 Å². The number of aromatic nitrogens is 2. The van der Waals surface area contributed by atoms with Gasteiger partial charge in [0, 0.05) is 22.9 Å². The van der Waals surface area contributed by atoms with E-state index in [1.165, 1.54) is 11.1 Å². The number of benzene rings is 3. The Labute approximate surface area is 183 Å². The smallest absolute Gasteiger partial charge is 0.159 e.